The van der Waals surface area contributed by atoms with Crippen LogP contribution in [0.4, 0.5) is 4.39 Å². The molecule has 1 aliphatic rings. The van der Waals surface area contributed by atoms with Crippen molar-refractivity contribution in [2.24, 2.45) is 0 Å². The number of benzene rings is 3. The van der Waals surface area contributed by atoms with Crippen molar-refractivity contribution in [1.29, 1.82) is 0 Å². The van der Waals surface area contributed by atoms with Crippen LogP contribution in [0.2, 0.25) is 0 Å². The lowest BCUT2D eigenvalue weighted by Gasteiger charge is -2.39. The van der Waals surface area contributed by atoms with Gasteiger partial charge in [-0.1, -0.05) is 36.4 Å². The summed E-state index contributed by atoms with van der Waals surface area (Å²) in [5.74, 6) is -0.438. The van der Waals surface area contributed by atoms with E-state index in [9.17, 15) is 17.6 Å². The van der Waals surface area contributed by atoms with Gasteiger partial charge >= 0.3 is 0 Å². The number of fused-ring (bicyclic) bond motifs is 1. The van der Waals surface area contributed by atoms with Gasteiger partial charge in [0.15, 0.2) is 21.3 Å². The van der Waals surface area contributed by atoms with Crippen LogP contribution in [0.15, 0.2) is 83.9 Å². The summed E-state index contributed by atoms with van der Waals surface area (Å²) in [5, 5.41) is 0.683. The number of hydrogen-bond acceptors (Lipinski definition) is 6. The molecule has 1 aromatic heterocycles. The van der Waals surface area contributed by atoms with Gasteiger partial charge in [0.1, 0.15) is 11.9 Å². The first-order valence-electron chi connectivity index (χ1n) is 11.3. The summed E-state index contributed by atoms with van der Waals surface area (Å²) in [4.78, 5) is 18.6. The zero-order valence-electron chi connectivity index (χ0n) is 19.4. The minimum Gasteiger partial charge on any atom is -0.493 e. The number of sulfone groups is 1. The third-order valence-corrected chi connectivity index (χ3v) is 7.76. The van der Waals surface area contributed by atoms with E-state index in [1.807, 2.05) is 12.1 Å². The van der Waals surface area contributed by atoms with E-state index in [2.05, 4.69) is 4.98 Å². The summed E-state index contributed by atoms with van der Waals surface area (Å²) >= 11 is 0. The van der Waals surface area contributed by atoms with Crippen molar-refractivity contribution in [1.82, 2.24) is 9.88 Å². The van der Waals surface area contributed by atoms with E-state index in [1.165, 1.54) is 24.4 Å². The Bertz CT molecular complexity index is 1550. The fraction of sp³-hybridized carbons (Fsp3) is 0.185. The molecule has 0 radical (unpaired) electrons. The maximum absolute atomic E-state index is 14.9. The molecule has 184 valence electrons. The minimum absolute atomic E-state index is 0.0134. The van der Waals surface area contributed by atoms with E-state index in [0.29, 0.717) is 35.5 Å². The van der Waals surface area contributed by atoms with Crippen molar-refractivity contribution in [3.8, 4) is 11.5 Å². The predicted molar refractivity (Wildman–Crippen MR) is 132 cm³/mol. The molecule has 0 bridgehead atoms. The van der Waals surface area contributed by atoms with E-state index in [0.717, 1.165) is 6.07 Å². The normalized spacial score (nSPS) is 13.9. The van der Waals surface area contributed by atoms with Crippen LogP contribution in [0.5, 0.6) is 11.5 Å². The molecule has 2 heterocycles. The molecule has 4 aromatic rings. The van der Waals surface area contributed by atoms with Crippen LogP contribution >= 0.6 is 0 Å². The fourth-order valence-electron chi connectivity index (χ4n) is 4.16. The number of methoxy groups -OCH3 is 1. The number of nitrogens with zero attached hydrogens (tertiary/aromatic N) is 2. The Labute approximate surface area is 208 Å². The van der Waals surface area contributed by atoms with Gasteiger partial charge in [0.05, 0.1) is 36.4 Å². The summed E-state index contributed by atoms with van der Waals surface area (Å²) in [5.41, 5.74) is 0.478. The van der Waals surface area contributed by atoms with Crippen LogP contribution in [0.1, 0.15) is 15.9 Å². The number of carbonyl (C=O) groups is 1. The Morgan fingerprint density at radius 2 is 1.78 bits per heavy atom. The molecule has 0 atom stereocenters. The zero-order valence-corrected chi connectivity index (χ0v) is 20.2. The molecule has 1 amide bonds. The van der Waals surface area contributed by atoms with E-state index in [-0.39, 0.29) is 28.0 Å². The molecule has 0 aliphatic carbocycles. The summed E-state index contributed by atoms with van der Waals surface area (Å²) in [7, 11) is -2.32. The van der Waals surface area contributed by atoms with Crippen LogP contribution in [0.25, 0.3) is 10.9 Å². The molecule has 1 saturated heterocycles. The summed E-state index contributed by atoms with van der Waals surface area (Å²) < 4.78 is 52.2. The van der Waals surface area contributed by atoms with Crippen molar-refractivity contribution in [2.75, 3.05) is 20.2 Å². The number of ether oxygens (including phenoxy) is 2. The molecule has 0 spiro atoms. The summed E-state index contributed by atoms with van der Waals surface area (Å²) in [6, 6.07) is 19.5. The molecule has 7 nitrogen and oxygen atoms in total. The monoisotopic (exact) mass is 506 g/mol. The molecule has 0 saturated carbocycles. The zero-order chi connectivity index (χ0) is 25.3. The minimum atomic E-state index is -3.87. The Morgan fingerprint density at radius 3 is 2.53 bits per heavy atom. The predicted octanol–water partition coefficient (Wildman–Crippen LogP) is 4.26. The number of aromatic nitrogens is 1. The molecular weight excluding hydrogens is 483 g/mol. The molecule has 0 unspecified atom stereocenters. The lowest BCUT2D eigenvalue weighted by Crippen LogP contribution is -2.56. The van der Waals surface area contributed by atoms with Gasteiger partial charge < -0.3 is 14.4 Å². The van der Waals surface area contributed by atoms with Crippen molar-refractivity contribution >= 4 is 26.6 Å². The average Bonchev–Trinajstić information content (AvgIpc) is 2.86. The fourth-order valence-corrected chi connectivity index (χ4v) is 5.71. The molecule has 1 fully saturated rings. The number of likely N-dealkylation sites (tertiary alicyclic amines) is 1. The van der Waals surface area contributed by atoms with Crippen LogP contribution in [-0.2, 0) is 15.6 Å². The quantitative estimate of drug-likeness (QED) is 0.372. The number of para-hydroxylation sites is 3. The number of halogens is 1. The van der Waals surface area contributed by atoms with Crippen LogP contribution in [0.3, 0.4) is 0 Å². The van der Waals surface area contributed by atoms with Gasteiger partial charge in [-0.15, -0.1) is 0 Å². The topological polar surface area (TPSA) is 85.8 Å². The van der Waals surface area contributed by atoms with Gasteiger partial charge in [0, 0.05) is 22.7 Å². The highest BCUT2D eigenvalue weighted by molar-refractivity contribution is 7.90. The van der Waals surface area contributed by atoms with Crippen LogP contribution in [0, 0.1) is 5.82 Å². The van der Waals surface area contributed by atoms with Gasteiger partial charge in [0.2, 0.25) is 0 Å². The molecule has 36 heavy (non-hydrogen) atoms. The molecule has 0 N–H and O–H groups in total. The van der Waals surface area contributed by atoms with Gasteiger partial charge in [-0.05, 0) is 36.4 Å². The second-order valence-corrected chi connectivity index (χ2v) is 10.5. The van der Waals surface area contributed by atoms with Gasteiger partial charge in [0.25, 0.3) is 5.91 Å². The molecule has 1 aliphatic heterocycles. The second kappa shape index (κ2) is 9.58. The van der Waals surface area contributed by atoms with Gasteiger partial charge in [-0.2, -0.15) is 0 Å². The van der Waals surface area contributed by atoms with Crippen molar-refractivity contribution in [2.45, 2.75) is 16.8 Å². The summed E-state index contributed by atoms with van der Waals surface area (Å²) in [6.07, 6.45) is 1.32. The van der Waals surface area contributed by atoms with Crippen molar-refractivity contribution in [3.05, 3.63) is 95.9 Å². The average molecular weight is 507 g/mol. The number of rotatable bonds is 7. The number of amides is 1. The molecule has 3 aromatic carbocycles. The molecule has 9 heteroatoms. The lowest BCUT2D eigenvalue weighted by atomic mass is 10.1. The van der Waals surface area contributed by atoms with Crippen molar-refractivity contribution < 1.29 is 27.1 Å². The smallest absolute Gasteiger partial charge is 0.254 e. The highest BCUT2D eigenvalue weighted by Gasteiger charge is 2.33. The first-order chi connectivity index (χ1) is 17.4. The largest absolute Gasteiger partial charge is 0.493 e. The van der Waals surface area contributed by atoms with E-state index >= 15 is 0 Å². The first kappa shape index (κ1) is 23.7. The molecular formula is C27H23FN2O5S. The van der Waals surface area contributed by atoms with Crippen LogP contribution < -0.4 is 9.47 Å². The van der Waals surface area contributed by atoms with E-state index in [1.54, 1.807) is 48.4 Å². The number of pyridine rings is 1. The maximum Gasteiger partial charge on any atom is 0.254 e. The standard InChI is InChI=1S/C27H23FN2O5S/c1-34-23-8-2-3-9-24(23)35-21-15-30(16-21)27(31)19-11-12-20(22(28)14-19)17-36(32,33)25-10-4-6-18-7-5-13-29-26(18)25/h2-14,21H,15-17H2,1H3. The molecule has 5 rings (SSSR count). The van der Waals surface area contributed by atoms with Gasteiger partial charge in [-0.3, -0.25) is 9.78 Å². The highest BCUT2D eigenvalue weighted by atomic mass is 32.2. The van der Waals surface area contributed by atoms with Crippen LogP contribution in [-0.4, -0.2) is 50.5 Å². The SMILES string of the molecule is COc1ccccc1OC1CN(C(=O)c2ccc(CS(=O)(=O)c3cccc4cccnc34)c(F)c2)C1. The van der Waals surface area contributed by atoms with E-state index in [4.69, 9.17) is 9.47 Å². The number of hydrogen-bond donors (Lipinski definition) is 0. The summed E-state index contributed by atoms with van der Waals surface area (Å²) in [6.45, 7) is 0.700. The Morgan fingerprint density at radius 1 is 1.03 bits per heavy atom. The third-order valence-electron chi connectivity index (χ3n) is 6.07. The first-order valence-corrected chi connectivity index (χ1v) is 12.9. The van der Waals surface area contributed by atoms with E-state index < -0.39 is 21.4 Å². The Balaban J connectivity index is 1.27. The van der Waals surface area contributed by atoms with Crippen molar-refractivity contribution in [3.63, 3.8) is 0 Å². The Hall–Kier alpha value is -3.98. The maximum atomic E-state index is 14.9. The lowest BCUT2D eigenvalue weighted by molar-refractivity contribution is 0.0168. The third kappa shape index (κ3) is 4.61. The Kier molecular flexibility index (Phi) is 6.32. The second-order valence-electron chi connectivity index (χ2n) is 8.50. The van der Waals surface area contributed by atoms with Gasteiger partial charge in [-0.25, -0.2) is 12.8 Å². The highest BCUT2D eigenvalue weighted by Crippen LogP contribution is 2.30. The number of carbonyl (C=O) groups excluding carboxylic acids is 1.